The summed E-state index contributed by atoms with van der Waals surface area (Å²) in [5, 5.41) is 1.33. The van der Waals surface area contributed by atoms with Crippen LogP contribution in [0.2, 0.25) is 0 Å². The Morgan fingerprint density at radius 2 is 1.30 bits per heavy atom. The molecule has 0 amide bonds. The minimum Gasteiger partial charge on any atom is -0.509 e. The van der Waals surface area contributed by atoms with E-state index in [-0.39, 0.29) is 32.2 Å². The fourth-order valence-electron chi connectivity index (χ4n) is 8.71. The van der Waals surface area contributed by atoms with Crippen molar-refractivity contribution in [3.63, 3.8) is 0 Å². The smallest absolute Gasteiger partial charge is 0.135 e. The standard InChI is InChI=1S/C56H37N4O2.Pt/c1-36-21-28-51-49(29-36)48-27-26-45-33-54(48)60(51)55-30-37(2)50(34-57-55)40-13-8-15-43(31-40)61-42-24-22-39(23-25-42)47-18-10-17-46(38-11-4-3-5-12-38)56(47)59-35-58(52-19-6-7-20-53(52)59)41-14-9-16-44(32-41)62-45;/h3-31,34-35H,1-2H3;/q-3;/i1D3,2D3;. The molecule has 0 saturated carbocycles. The Morgan fingerprint density at radius 1 is 0.556 bits per heavy atom. The van der Waals surface area contributed by atoms with Crippen molar-refractivity contribution in [2.75, 3.05) is 9.80 Å². The van der Waals surface area contributed by atoms with E-state index in [9.17, 15) is 0 Å². The SMILES string of the molecule is [2H]C([2H])([2H])c1ccc2c(c1)c1ccc3[c-]c1n2-c1cc(C([2H])([2H])[2H])c(cn1)-c1cccc(c1)Oc1ccc(cc1)-c1cccc(-c2ccccc2)c1N1[CH-]N(c2[c-]c(ccc2)O3)c2ccccc21.[Pt]. The predicted octanol–water partition coefficient (Wildman–Crippen LogP) is 14.7. The van der Waals surface area contributed by atoms with Crippen LogP contribution in [-0.4, -0.2) is 9.55 Å². The van der Waals surface area contributed by atoms with Gasteiger partial charge in [-0.1, -0.05) is 108 Å². The van der Waals surface area contributed by atoms with Crippen molar-refractivity contribution in [3.05, 3.63) is 212 Å². The molecule has 2 aromatic heterocycles. The molecule has 12 bridgehead atoms. The molecule has 10 aromatic rings. The molecule has 63 heavy (non-hydrogen) atoms. The van der Waals surface area contributed by atoms with Gasteiger partial charge in [0.05, 0.1) is 0 Å². The summed E-state index contributed by atoms with van der Waals surface area (Å²) in [6.45, 7) is -2.81. The van der Waals surface area contributed by atoms with Crippen LogP contribution in [0.4, 0.5) is 22.7 Å². The summed E-state index contributed by atoms with van der Waals surface area (Å²) >= 11 is 0. The third-order valence-electron chi connectivity index (χ3n) is 11.5. The monoisotopic (exact) mass is 998 g/mol. The van der Waals surface area contributed by atoms with Crippen molar-refractivity contribution < 1.29 is 38.8 Å². The molecule has 6 nitrogen and oxygen atoms in total. The second-order valence-corrected chi connectivity index (χ2v) is 15.3. The fraction of sp³-hybridized carbons (Fsp3) is 0.0357. The van der Waals surface area contributed by atoms with Gasteiger partial charge in [-0.3, -0.25) is 0 Å². The summed E-state index contributed by atoms with van der Waals surface area (Å²) in [5.41, 5.74) is 10.2. The number of rotatable bonds is 1. The first kappa shape index (κ1) is 32.3. The predicted molar refractivity (Wildman–Crippen MR) is 250 cm³/mol. The summed E-state index contributed by atoms with van der Waals surface area (Å²) in [6.07, 6.45) is 1.57. The summed E-state index contributed by atoms with van der Waals surface area (Å²) in [4.78, 5) is 9.23. The summed E-state index contributed by atoms with van der Waals surface area (Å²) in [5.74, 6) is 2.23. The van der Waals surface area contributed by atoms with E-state index in [4.69, 9.17) is 22.7 Å². The van der Waals surface area contributed by atoms with Crippen LogP contribution in [0.5, 0.6) is 23.0 Å². The zero-order valence-electron chi connectivity index (χ0n) is 39.3. The molecule has 4 aliphatic rings. The van der Waals surface area contributed by atoms with Gasteiger partial charge in [0.25, 0.3) is 0 Å². The maximum atomic E-state index is 8.74. The largest absolute Gasteiger partial charge is 0.509 e. The summed E-state index contributed by atoms with van der Waals surface area (Å²) in [6, 6.07) is 63.1. The molecule has 14 rings (SSSR count). The molecular weight excluding hydrogens is 956 g/mol. The number of ether oxygens (including phenoxy) is 2. The third kappa shape index (κ3) is 6.66. The number of benzene rings is 8. The van der Waals surface area contributed by atoms with E-state index in [0.717, 1.165) is 45.0 Å². The number of para-hydroxylation sites is 3. The average Bonchev–Trinajstić information content (AvgIpc) is 3.89. The number of aryl methyl sites for hydroxylation is 2. The molecule has 0 aliphatic carbocycles. The van der Waals surface area contributed by atoms with Gasteiger partial charge in [-0.25, -0.2) is 4.98 Å². The minimum absolute atomic E-state index is 0. The van der Waals surface area contributed by atoms with Crippen LogP contribution in [0.3, 0.4) is 0 Å². The van der Waals surface area contributed by atoms with Crippen LogP contribution >= 0.6 is 0 Å². The minimum atomic E-state index is -2.55. The Kier molecular flexibility index (Phi) is 7.95. The second kappa shape index (κ2) is 15.5. The van der Waals surface area contributed by atoms with Crippen molar-refractivity contribution in [1.82, 2.24) is 9.55 Å². The fourth-order valence-corrected chi connectivity index (χ4v) is 8.71. The van der Waals surface area contributed by atoms with Crippen LogP contribution in [0.25, 0.3) is 61.0 Å². The van der Waals surface area contributed by atoms with Gasteiger partial charge in [0.2, 0.25) is 0 Å². The molecule has 0 atom stereocenters. The number of pyridine rings is 1. The zero-order valence-corrected chi connectivity index (χ0v) is 35.6. The van der Waals surface area contributed by atoms with Gasteiger partial charge >= 0.3 is 0 Å². The Balaban J connectivity index is 0.00000520. The molecule has 0 fully saturated rings. The summed E-state index contributed by atoms with van der Waals surface area (Å²) in [7, 11) is 0. The number of hydrogen-bond donors (Lipinski definition) is 0. The molecule has 8 aromatic carbocycles. The van der Waals surface area contributed by atoms with Gasteiger partial charge in [-0.05, 0) is 89.9 Å². The van der Waals surface area contributed by atoms with Crippen molar-refractivity contribution in [2.45, 2.75) is 13.7 Å². The topological polar surface area (TPSA) is 42.8 Å². The zero-order chi connectivity index (χ0) is 46.3. The number of hydrogen-bond acceptors (Lipinski definition) is 5. The first-order chi connectivity index (χ1) is 32.9. The number of nitrogens with zero attached hydrogens (tertiary/aromatic N) is 4. The third-order valence-corrected chi connectivity index (χ3v) is 11.5. The quantitative estimate of drug-likeness (QED) is 0.153. The van der Waals surface area contributed by atoms with Crippen LogP contribution in [0.15, 0.2) is 182 Å². The molecule has 4 aliphatic heterocycles. The van der Waals surface area contributed by atoms with Gasteiger partial charge < -0.3 is 23.8 Å². The van der Waals surface area contributed by atoms with Gasteiger partial charge in [-0.2, -0.15) is 12.1 Å². The molecule has 6 heterocycles. The van der Waals surface area contributed by atoms with Crippen LogP contribution in [-0.2, 0) is 21.1 Å². The summed E-state index contributed by atoms with van der Waals surface area (Å²) < 4.78 is 65.6. The van der Waals surface area contributed by atoms with Crippen LogP contribution < -0.4 is 19.3 Å². The number of anilines is 4. The molecule has 0 spiro atoms. The first-order valence-corrected chi connectivity index (χ1v) is 20.3. The van der Waals surface area contributed by atoms with Crippen LogP contribution in [0.1, 0.15) is 19.4 Å². The average molecular weight is 999 g/mol. The van der Waals surface area contributed by atoms with E-state index >= 15 is 0 Å². The maximum Gasteiger partial charge on any atom is 0.135 e. The normalized spacial score (nSPS) is 14.4. The van der Waals surface area contributed by atoms with E-state index in [1.807, 2.05) is 91.0 Å². The van der Waals surface area contributed by atoms with E-state index in [1.165, 1.54) is 0 Å². The molecule has 0 N–H and O–H groups in total. The Bertz CT molecular complexity index is 3610. The Morgan fingerprint density at radius 3 is 2.13 bits per heavy atom. The number of aromatic nitrogens is 2. The number of fused-ring (bicyclic) bond motifs is 5. The van der Waals surface area contributed by atoms with E-state index in [0.29, 0.717) is 61.7 Å². The maximum absolute atomic E-state index is 8.74. The van der Waals surface area contributed by atoms with Crippen molar-refractivity contribution in [1.29, 1.82) is 0 Å². The van der Waals surface area contributed by atoms with E-state index < -0.39 is 13.7 Å². The van der Waals surface area contributed by atoms with Gasteiger partial charge in [0, 0.05) is 86.3 Å². The molecule has 0 unspecified atom stereocenters. The second-order valence-electron chi connectivity index (χ2n) is 15.3. The van der Waals surface area contributed by atoms with Gasteiger partial charge in [0.15, 0.2) is 0 Å². The van der Waals surface area contributed by atoms with Gasteiger partial charge in [-0.15, -0.1) is 48.1 Å². The van der Waals surface area contributed by atoms with Gasteiger partial charge in [0.1, 0.15) is 17.3 Å². The molecule has 0 radical (unpaired) electrons. The van der Waals surface area contributed by atoms with Crippen LogP contribution in [0, 0.1) is 32.5 Å². The molecule has 0 saturated heterocycles. The first-order valence-electron chi connectivity index (χ1n) is 23.3. The molecule has 306 valence electrons. The van der Waals surface area contributed by atoms with E-state index in [2.05, 4.69) is 83.2 Å². The Hall–Kier alpha value is -7.40. The van der Waals surface area contributed by atoms with Crippen molar-refractivity contribution >= 4 is 44.6 Å². The Labute approximate surface area is 388 Å². The van der Waals surface area contributed by atoms with Crippen molar-refractivity contribution in [2.24, 2.45) is 0 Å². The van der Waals surface area contributed by atoms with E-state index in [1.54, 1.807) is 41.1 Å². The molecular formula is C56H37N4O2Pt-3. The molecule has 7 heteroatoms. The van der Waals surface area contributed by atoms with Crippen molar-refractivity contribution in [3.8, 4) is 62.2 Å².